The Morgan fingerprint density at radius 2 is 2.00 bits per heavy atom. The van der Waals surface area contributed by atoms with E-state index in [2.05, 4.69) is 0 Å². The van der Waals surface area contributed by atoms with Gasteiger partial charge in [-0.3, -0.25) is 9.59 Å². The predicted molar refractivity (Wildman–Crippen MR) is 62.3 cm³/mol. The van der Waals surface area contributed by atoms with Gasteiger partial charge in [0.15, 0.2) is 0 Å². The molecule has 0 aromatic rings. The van der Waals surface area contributed by atoms with Crippen molar-refractivity contribution >= 4 is 11.9 Å². The Hall–Kier alpha value is -1.10. The van der Waals surface area contributed by atoms with Gasteiger partial charge in [-0.1, -0.05) is 12.8 Å². The van der Waals surface area contributed by atoms with Gasteiger partial charge in [0, 0.05) is 25.6 Å². The van der Waals surface area contributed by atoms with Crippen LogP contribution in [0.1, 0.15) is 38.5 Å². The number of aliphatic carboxylic acids is 1. The first-order valence-corrected chi connectivity index (χ1v) is 6.30. The molecule has 0 radical (unpaired) electrons. The number of nitrogens with zero attached hydrogens (tertiary/aromatic N) is 1. The highest BCUT2D eigenvalue weighted by Crippen LogP contribution is 2.41. The monoisotopic (exact) mass is 240 g/mol. The van der Waals surface area contributed by atoms with Gasteiger partial charge < -0.3 is 15.7 Å². The number of carboxylic acid groups (broad SMARTS) is 1. The van der Waals surface area contributed by atoms with E-state index in [9.17, 15) is 14.7 Å². The molecule has 1 saturated heterocycles. The largest absolute Gasteiger partial charge is 0.481 e. The summed E-state index contributed by atoms with van der Waals surface area (Å²) in [7, 11) is 0. The number of carbonyl (C=O) groups is 2. The fourth-order valence-corrected chi connectivity index (χ4v) is 2.93. The molecule has 1 unspecified atom stereocenters. The van der Waals surface area contributed by atoms with Crippen molar-refractivity contribution in [1.82, 2.24) is 4.90 Å². The van der Waals surface area contributed by atoms with Gasteiger partial charge >= 0.3 is 5.97 Å². The lowest BCUT2D eigenvalue weighted by atomic mass is 9.82. The number of hydrogen-bond donors (Lipinski definition) is 2. The number of carboxylic acids is 1. The lowest BCUT2D eigenvalue weighted by Crippen LogP contribution is -2.38. The molecule has 1 aliphatic carbocycles. The van der Waals surface area contributed by atoms with Gasteiger partial charge in [-0.15, -0.1) is 0 Å². The third kappa shape index (κ3) is 2.44. The van der Waals surface area contributed by atoms with Crippen LogP contribution >= 0.6 is 0 Å². The highest BCUT2D eigenvalue weighted by atomic mass is 16.4. The molecule has 0 spiro atoms. The molecule has 3 N–H and O–H groups in total. The van der Waals surface area contributed by atoms with E-state index in [1.807, 2.05) is 0 Å². The summed E-state index contributed by atoms with van der Waals surface area (Å²) in [5.41, 5.74) is 4.95. The number of rotatable bonds is 3. The first kappa shape index (κ1) is 12.4. The fourth-order valence-electron chi connectivity index (χ4n) is 2.93. The number of likely N-dealkylation sites (tertiary alicyclic amines) is 1. The minimum Gasteiger partial charge on any atom is -0.481 e. The molecule has 1 heterocycles. The van der Waals surface area contributed by atoms with E-state index in [1.165, 1.54) is 0 Å². The quantitative estimate of drug-likeness (QED) is 0.756. The Bertz CT molecular complexity index is 324. The number of carbonyl (C=O) groups excluding carboxylic acids is 1. The van der Waals surface area contributed by atoms with Gasteiger partial charge in [0.25, 0.3) is 0 Å². The summed E-state index contributed by atoms with van der Waals surface area (Å²) < 4.78 is 0. The van der Waals surface area contributed by atoms with Crippen LogP contribution in [0.4, 0.5) is 0 Å². The summed E-state index contributed by atoms with van der Waals surface area (Å²) in [5.74, 6) is -0.853. The normalized spacial score (nSPS) is 27.4. The fraction of sp³-hybridized carbons (Fsp3) is 0.833. The summed E-state index contributed by atoms with van der Waals surface area (Å²) in [5, 5.41) is 9.31. The smallest absolute Gasteiger partial charge is 0.310 e. The zero-order chi connectivity index (χ0) is 12.5. The Balaban J connectivity index is 1.99. The second-order valence-electron chi connectivity index (χ2n) is 5.36. The maximum absolute atomic E-state index is 12.1. The van der Waals surface area contributed by atoms with E-state index < -0.39 is 11.4 Å². The van der Waals surface area contributed by atoms with Crippen LogP contribution in [0.15, 0.2) is 0 Å². The molecule has 0 aromatic carbocycles. The van der Waals surface area contributed by atoms with Gasteiger partial charge in [0.2, 0.25) is 5.91 Å². The van der Waals surface area contributed by atoms with Crippen molar-refractivity contribution in [3.63, 3.8) is 0 Å². The van der Waals surface area contributed by atoms with E-state index in [0.717, 1.165) is 19.3 Å². The predicted octanol–water partition coefficient (Wildman–Crippen LogP) is 0.581. The lowest BCUT2D eigenvalue weighted by Gasteiger charge is -2.26. The molecular weight excluding hydrogens is 220 g/mol. The van der Waals surface area contributed by atoms with E-state index in [-0.39, 0.29) is 18.4 Å². The van der Waals surface area contributed by atoms with Gasteiger partial charge in [-0.05, 0) is 19.3 Å². The molecule has 0 aromatic heterocycles. The number of nitrogens with two attached hydrogens (primary N) is 1. The SMILES string of the molecule is NC1CCN(C(=O)CC2(C(=O)O)CCCC2)C1. The van der Waals surface area contributed by atoms with Crippen LogP contribution in [-0.4, -0.2) is 41.0 Å². The number of amides is 1. The molecule has 2 aliphatic rings. The maximum Gasteiger partial charge on any atom is 0.310 e. The van der Waals surface area contributed by atoms with Gasteiger partial charge in [-0.2, -0.15) is 0 Å². The van der Waals surface area contributed by atoms with Crippen LogP contribution in [-0.2, 0) is 9.59 Å². The zero-order valence-corrected chi connectivity index (χ0v) is 10.0. The minimum absolute atomic E-state index is 0.0396. The van der Waals surface area contributed by atoms with Crippen molar-refractivity contribution < 1.29 is 14.7 Å². The standard InChI is InChI=1S/C12H20N2O3/c13-9-3-6-14(8-9)10(15)7-12(11(16)17)4-1-2-5-12/h9H,1-8,13H2,(H,16,17). The van der Waals surface area contributed by atoms with E-state index in [0.29, 0.717) is 25.9 Å². The molecule has 0 bridgehead atoms. The van der Waals surface area contributed by atoms with Crippen LogP contribution in [0.3, 0.4) is 0 Å². The van der Waals surface area contributed by atoms with Gasteiger partial charge in [0.1, 0.15) is 0 Å². The summed E-state index contributed by atoms with van der Waals surface area (Å²) in [6.45, 7) is 1.25. The van der Waals surface area contributed by atoms with Crippen LogP contribution in [0, 0.1) is 5.41 Å². The van der Waals surface area contributed by atoms with Crippen molar-refractivity contribution in [3.8, 4) is 0 Å². The molecule has 1 saturated carbocycles. The Morgan fingerprint density at radius 1 is 1.35 bits per heavy atom. The highest BCUT2D eigenvalue weighted by Gasteiger charge is 2.44. The average Bonchev–Trinajstić information content (AvgIpc) is 2.87. The van der Waals surface area contributed by atoms with Crippen molar-refractivity contribution in [2.75, 3.05) is 13.1 Å². The highest BCUT2D eigenvalue weighted by molar-refractivity contribution is 5.85. The summed E-state index contributed by atoms with van der Waals surface area (Å²) in [6, 6.07) is 0.0586. The van der Waals surface area contributed by atoms with Crippen LogP contribution in [0.2, 0.25) is 0 Å². The van der Waals surface area contributed by atoms with Crippen LogP contribution < -0.4 is 5.73 Å². The molecule has 2 rings (SSSR count). The minimum atomic E-state index is -0.813. The zero-order valence-electron chi connectivity index (χ0n) is 10.0. The van der Waals surface area contributed by atoms with Crippen molar-refractivity contribution in [2.24, 2.45) is 11.1 Å². The lowest BCUT2D eigenvalue weighted by molar-refractivity contribution is -0.153. The number of hydrogen-bond acceptors (Lipinski definition) is 3. The third-order valence-electron chi connectivity index (χ3n) is 4.08. The van der Waals surface area contributed by atoms with Crippen LogP contribution in [0.25, 0.3) is 0 Å². The first-order valence-electron chi connectivity index (χ1n) is 6.30. The second-order valence-corrected chi connectivity index (χ2v) is 5.36. The third-order valence-corrected chi connectivity index (χ3v) is 4.08. The van der Waals surface area contributed by atoms with E-state index >= 15 is 0 Å². The van der Waals surface area contributed by atoms with Crippen molar-refractivity contribution in [2.45, 2.75) is 44.6 Å². The van der Waals surface area contributed by atoms with Crippen LogP contribution in [0.5, 0.6) is 0 Å². The maximum atomic E-state index is 12.1. The topological polar surface area (TPSA) is 83.6 Å². The molecule has 1 aliphatic heterocycles. The Labute approximate surface area is 101 Å². The van der Waals surface area contributed by atoms with E-state index in [4.69, 9.17) is 5.73 Å². The summed E-state index contributed by atoms with van der Waals surface area (Å²) >= 11 is 0. The molecule has 1 amide bonds. The summed E-state index contributed by atoms with van der Waals surface area (Å²) in [6.07, 6.45) is 4.07. The molecule has 5 nitrogen and oxygen atoms in total. The first-order chi connectivity index (χ1) is 8.03. The molecular formula is C12H20N2O3. The molecule has 96 valence electrons. The molecule has 17 heavy (non-hydrogen) atoms. The Morgan fingerprint density at radius 3 is 2.47 bits per heavy atom. The van der Waals surface area contributed by atoms with Gasteiger partial charge in [0.05, 0.1) is 5.41 Å². The van der Waals surface area contributed by atoms with Crippen molar-refractivity contribution in [3.05, 3.63) is 0 Å². The molecule has 5 heteroatoms. The van der Waals surface area contributed by atoms with Crippen molar-refractivity contribution in [1.29, 1.82) is 0 Å². The van der Waals surface area contributed by atoms with E-state index in [1.54, 1.807) is 4.90 Å². The second kappa shape index (κ2) is 4.64. The summed E-state index contributed by atoms with van der Waals surface area (Å²) in [4.78, 5) is 25.1. The molecule has 1 atom stereocenters. The Kier molecular flexibility index (Phi) is 3.38. The molecule has 2 fully saturated rings. The average molecular weight is 240 g/mol. The van der Waals surface area contributed by atoms with Gasteiger partial charge in [-0.25, -0.2) is 0 Å².